The second-order valence-corrected chi connectivity index (χ2v) is 7.64. The summed E-state index contributed by atoms with van der Waals surface area (Å²) >= 11 is 1.63. The number of carbonyl (C=O) groups is 1. The largest absolute Gasteiger partial charge is 0.326 e. The predicted molar refractivity (Wildman–Crippen MR) is 104 cm³/mol. The van der Waals surface area contributed by atoms with E-state index in [1.807, 2.05) is 45.0 Å². The molecule has 0 saturated carbocycles. The standard InChI is InChI=1S/C19H23N5OS/c1-5-16-13(4)22-19-20-11-21-24(19)18(16)26-15-8-6-14(7-9-15)23-17(25)10-12(2)3/h6-9,11-12H,5,10H2,1-4H3,(H,23,25). The van der Waals surface area contributed by atoms with E-state index >= 15 is 0 Å². The van der Waals surface area contributed by atoms with E-state index in [0.717, 1.165) is 27.7 Å². The first-order chi connectivity index (χ1) is 12.5. The van der Waals surface area contributed by atoms with Gasteiger partial charge in [0.2, 0.25) is 5.91 Å². The van der Waals surface area contributed by atoms with Crippen LogP contribution in [0.2, 0.25) is 0 Å². The van der Waals surface area contributed by atoms with E-state index in [4.69, 9.17) is 0 Å². The van der Waals surface area contributed by atoms with Gasteiger partial charge in [0, 0.05) is 28.3 Å². The average Bonchev–Trinajstić information content (AvgIpc) is 3.04. The number of hydrogen-bond donors (Lipinski definition) is 1. The lowest BCUT2D eigenvalue weighted by molar-refractivity contribution is -0.116. The van der Waals surface area contributed by atoms with Gasteiger partial charge in [0.25, 0.3) is 5.78 Å². The van der Waals surface area contributed by atoms with Gasteiger partial charge in [-0.05, 0) is 43.5 Å². The number of nitrogens with zero attached hydrogens (tertiary/aromatic N) is 4. The van der Waals surface area contributed by atoms with Crippen LogP contribution < -0.4 is 5.32 Å². The molecule has 0 saturated heterocycles. The SMILES string of the molecule is CCc1c(C)nc2ncnn2c1Sc1ccc(NC(=O)CC(C)C)cc1. The molecule has 0 fully saturated rings. The molecule has 0 unspecified atom stereocenters. The van der Waals surface area contributed by atoms with Crippen molar-refractivity contribution < 1.29 is 4.79 Å². The van der Waals surface area contributed by atoms with Crippen molar-refractivity contribution in [2.24, 2.45) is 5.92 Å². The van der Waals surface area contributed by atoms with Crippen molar-refractivity contribution in [2.75, 3.05) is 5.32 Å². The van der Waals surface area contributed by atoms with Crippen LogP contribution in [-0.2, 0) is 11.2 Å². The van der Waals surface area contributed by atoms with Gasteiger partial charge in [0.1, 0.15) is 11.4 Å². The maximum atomic E-state index is 11.9. The first-order valence-corrected chi connectivity index (χ1v) is 9.56. The Morgan fingerprint density at radius 3 is 2.65 bits per heavy atom. The summed E-state index contributed by atoms with van der Waals surface area (Å²) in [5, 5.41) is 8.28. The Balaban J connectivity index is 1.82. The van der Waals surface area contributed by atoms with Gasteiger partial charge in [-0.1, -0.05) is 32.5 Å². The molecule has 26 heavy (non-hydrogen) atoms. The average molecular weight is 369 g/mol. The number of nitrogens with one attached hydrogen (secondary N) is 1. The molecule has 0 radical (unpaired) electrons. The van der Waals surface area contributed by atoms with E-state index < -0.39 is 0 Å². The molecule has 0 aliphatic carbocycles. The smallest absolute Gasteiger partial charge is 0.253 e. The van der Waals surface area contributed by atoms with Gasteiger partial charge >= 0.3 is 0 Å². The number of carbonyl (C=O) groups excluding carboxylic acids is 1. The summed E-state index contributed by atoms with van der Waals surface area (Å²) in [4.78, 5) is 21.7. The minimum atomic E-state index is 0.0442. The molecule has 136 valence electrons. The summed E-state index contributed by atoms with van der Waals surface area (Å²) in [5.41, 5.74) is 2.96. The number of amides is 1. The Bertz CT molecular complexity index is 918. The van der Waals surface area contributed by atoms with E-state index in [9.17, 15) is 4.79 Å². The number of aryl methyl sites for hydroxylation is 1. The Hall–Kier alpha value is -2.41. The van der Waals surface area contributed by atoms with Crippen molar-refractivity contribution in [3.8, 4) is 0 Å². The highest BCUT2D eigenvalue weighted by Gasteiger charge is 2.14. The Morgan fingerprint density at radius 1 is 1.27 bits per heavy atom. The molecular weight excluding hydrogens is 346 g/mol. The molecule has 2 heterocycles. The minimum absolute atomic E-state index is 0.0442. The number of hydrogen-bond acceptors (Lipinski definition) is 5. The van der Waals surface area contributed by atoms with Gasteiger partial charge in [0.05, 0.1) is 0 Å². The van der Waals surface area contributed by atoms with Crippen molar-refractivity contribution >= 4 is 29.1 Å². The molecule has 0 aliphatic rings. The second kappa shape index (κ2) is 7.86. The minimum Gasteiger partial charge on any atom is -0.326 e. The summed E-state index contributed by atoms with van der Waals surface area (Å²) in [5.74, 6) is 1.000. The molecule has 6 nitrogen and oxygen atoms in total. The summed E-state index contributed by atoms with van der Waals surface area (Å²) in [6.45, 7) is 8.19. The lowest BCUT2D eigenvalue weighted by Gasteiger charge is -2.12. The molecule has 3 rings (SSSR count). The van der Waals surface area contributed by atoms with Gasteiger partial charge in [-0.25, -0.2) is 4.98 Å². The summed E-state index contributed by atoms with van der Waals surface area (Å²) in [6.07, 6.45) is 2.93. The molecule has 1 aromatic carbocycles. The van der Waals surface area contributed by atoms with Crippen LogP contribution in [0.5, 0.6) is 0 Å². The van der Waals surface area contributed by atoms with Gasteiger partial charge in [0.15, 0.2) is 0 Å². The van der Waals surface area contributed by atoms with Crippen LogP contribution in [0.3, 0.4) is 0 Å². The first kappa shape index (κ1) is 18.4. The number of anilines is 1. The highest BCUT2D eigenvalue weighted by atomic mass is 32.2. The number of benzene rings is 1. The monoisotopic (exact) mass is 369 g/mol. The van der Waals surface area contributed by atoms with Crippen LogP contribution >= 0.6 is 11.8 Å². The lowest BCUT2D eigenvalue weighted by atomic mass is 10.1. The van der Waals surface area contributed by atoms with Crippen molar-refractivity contribution in [3.05, 3.63) is 41.9 Å². The summed E-state index contributed by atoms with van der Waals surface area (Å²) in [7, 11) is 0. The molecule has 1 N–H and O–H groups in total. The highest BCUT2D eigenvalue weighted by Crippen LogP contribution is 2.32. The van der Waals surface area contributed by atoms with Crippen LogP contribution in [0.25, 0.3) is 5.78 Å². The highest BCUT2D eigenvalue weighted by molar-refractivity contribution is 7.99. The predicted octanol–water partition coefficient (Wildman–Crippen LogP) is 4.13. The van der Waals surface area contributed by atoms with Crippen molar-refractivity contribution in [1.29, 1.82) is 0 Å². The van der Waals surface area contributed by atoms with Gasteiger partial charge in [-0.3, -0.25) is 4.79 Å². The Morgan fingerprint density at radius 2 is 2.00 bits per heavy atom. The topological polar surface area (TPSA) is 72.2 Å². The van der Waals surface area contributed by atoms with E-state index in [-0.39, 0.29) is 5.91 Å². The zero-order chi connectivity index (χ0) is 18.7. The molecule has 1 amide bonds. The quantitative estimate of drug-likeness (QED) is 0.662. The molecule has 3 aromatic rings. The third-order valence-electron chi connectivity index (χ3n) is 3.98. The third kappa shape index (κ3) is 4.04. The number of aromatic nitrogens is 4. The van der Waals surface area contributed by atoms with Gasteiger partial charge in [-0.15, -0.1) is 0 Å². The third-order valence-corrected chi connectivity index (χ3v) is 5.11. The number of fused-ring (bicyclic) bond motifs is 1. The second-order valence-electron chi connectivity index (χ2n) is 6.58. The van der Waals surface area contributed by atoms with Crippen molar-refractivity contribution in [3.63, 3.8) is 0 Å². The molecule has 0 bridgehead atoms. The van der Waals surface area contributed by atoms with E-state index in [1.54, 1.807) is 16.3 Å². The van der Waals surface area contributed by atoms with Crippen LogP contribution in [0.4, 0.5) is 5.69 Å². The maximum Gasteiger partial charge on any atom is 0.253 e. The fourth-order valence-electron chi connectivity index (χ4n) is 2.77. The fraction of sp³-hybridized carbons (Fsp3) is 0.368. The zero-order valence-corrected chi connectivity index (χ0v) is 16.3. The maximum absolute atomic E-state index is 11.9. The summed E-state index contributed by atoms with van der Waals surface area (Å²) in [6, 6.07) is 7.87. The van der Waals surface area contributed by atoms with Crippen LogP contribution in [0.1, 0.15) is 38.4 Å². The van der Waals surface area contributed by atoms with E-state index in [2.05, 4.69) is 27.3 Å². The fourth-order valence-corrected chi connectivity index (χ4v) is 3.89. The molecule has 0 atom stereocenters. The zero-order valence-electron chi connectivity index (χ0n) is 15.5. The molecule has 2 aromatic heterocycles. The van der Waals surface area contributed by atoms with E-state index in [1.165, 1.54) is 11.9 Å². The van der Waals surface area contributed by atoms with Gasteiger partial charge in [-0.2, -0.15) is 14.6 Å². The normalized spacial score (nSPS) is 11.3. The summed E-state index contributed by atoms with van der Waals surface area (Å²) < 4.78 is 1.79. The van der Waals surface area contributed by atoms with Crippen molar-refractivity contribution in [2.45, 2.75) is 50.5 Å². The number of rotatable bonds is 6. The Labute approximate surface area is 157 Å². The van der Waals surface area contributed by atoms with Crippen LogP contribution in [-0.4, -0.2) is 25.5 Å². The van der Waals surface area contributed by atoms with Crippen molar-refractivity contribution in [1.82, 2.24) is 19.6 Å². The molecule has 7 heteroatoms. The van der Waals surface area contributed by atoms with Crippen LogP contribution in [0.15, 0.2) is 40.5 Å². The molecular formula is C19H23N5OS. The lowest BCUT2D eigenvalue weighted by Crippen LogP contribution is -2.13. The van der Waals surface area contributed by atoms with Gasteiger partial charge < -0.3 is 5.32 Å². The molecule has 0 aliphatic heterocycles. The molecule has 0 spiro atoms. The first-order valence-electron chi connectivity index (χ1n) is 8.75. The Kier molecular flexibility index (Phi) is 5.56. The van der Waals surface area contributed by atoms with E-state index in [0.29, 0.717) is 18.1 Å². The van der Waals surface area contributed by atoms with Crippen LogP contribution in [0, 0.1) is 12.8 Å².